The number of pyridine rings is 1. The van der Waals surface area contributed by atoms with E-state index in [1.807, 2.05) is 58.8 Å². The van der Waals surface area contributed by atoms with Crippen LogP contribution in [0.15, 0.2) is 48.7 Å². The average Bonchev–Trinajstić information content (AvgIpc) is 3.49. The summed E-state index contributed by atoms with van der Waals surface area (Å²) in [7, 11) is 0. The van der Waals surface area contributed by atoms with Crippen LogP contribution in [-0.2, 0) is 17.8 Å². The van der Waals surface area contributed by atoms with Crippen LogP contribution in [0.25, 0.3) is 26.4 Å². The van der Waals surface area contributed by atoms with E-state index in [0.717, 1.165) is 42.7 Å². The first-order chi connectivity index (χ1) is 16.5. The zero-order valence-electron chi connectivity index (χ0n) is 18.7. The van der Waals surface area contributed by atoms with Gasteiger partial charge in [-0.1, -0.05) is 18.2 Å². The van der Waals surface area contributed by atoms with E-state index in [0.29, 0.717) is 24.5 Å². The number of rotatable bonds is 3. The van der Waals surface area contributed by atoms with Gasteiger partial charge in [-0.05, 0) is 43.2 Å². The van der Waals surface area contributed by atoms with Gasteiger partial charge in [0.1, 0.15) is 21.3 Å². The summed E-state index contributed by atoms with van der Waals surface area (Å²) in [6.45, 7) is 4.66. The minimum Gasteiger partial charge on any atom is -0.337 e. The summed E-state index contributed by atoms with van der Waals surface area (Å²) >= 11 is 3.16. The minimum absolute atomic E-state index is 0.0625. The first kappa shape index (κ1) is 21.0. The molecule has 0 saturated carbocycles. The molecule has 1 aromatic carbocycles. The summed E-state index contributed by atoms with van der Waals surface area (Å²) in [5.41, 5.74) is 5.02. The van der Waals surface area contributed by atoms with Crippen molar-refractivity contribution in [2.75, 3.05) is 11.9 Å². The highest BCUT2D eigenvalue weighted by Gasteiger charge is 2.29. The molecule has 5 heterocycles. The summed E-state index contributed by atoms with van der Waals surface area (Å²) in [4.78, 5) is 37.9. The van der Waals surface area contributed by atoms with E-state index in [9.17, 15) is 9.59 Å². The molecule has 7 nitrogen and oxygen atoms in total. The number of hydrogen-bond acceptors (Lipinski definition) is 6. The van der Waals surface area contributed by atoms with Crippen molar-refractivity contribution in [1.29, 1.82) is 0 Å². The number of thiazole rings is 1. The number of carbonyl (C=O) groups is 2. The van der Waals surface area contributed by atoms with Crippen molar-refractivity contribution in [3.63, 3.8) is 0 Å². The summed E-state index contributed by atoms with van der Waals surface area (Å²) in [5, 5.41) is 4.83. The summed E-state index contributed by atoms with van der Waals surface area (Å²) < 4.78 is 2.92. The first-order valence-corrected chi connectivity index (χ1v) is 12.6. The number of nitrogens with one attached hydrogen (secondary N) is 1. The van der Waals surface area contributed by atoms with E-state index < -0.39 is 0 Å². The Morgan fingerprint density at radius 2 is 1.88 bits per heavy atom. The number of hydrogen-bond donors (Lipinski definition) is 1. The summed E-state index contributed by atoms with van der Waals surface area (Å²) in [6.07, 6.45) is 2.59. The predicted octanol–water partition coefficient (Wildman–Crippen LogP) is 5.14. The normalized spacial score (nSPS) is 13.4. The number of para-hydroxylation sites is 1. The molecule has 0 radical (unpaired) electrons. The largest absolute Gasteiger partial charge is 0.337 e. The molecule has 0 bridgehead atoms. The Balaban J connectivity index is 1.46. The van der Waals surface area contributed by atoms with Crippen molar-refractivity contribution in [3.8, 4) is 10.6 Å². The Bertz CT molecular complexity index is 1560. The monoisotopic (exact) mass is 487 g/mol. The molecular formula is C25H21N5O2S2. The second-order valence-corrected chi connectivity index (χ2v) is 10.4. The van der Waals surface area contributed by atoms with Crippen molar-refractivity contribution in [3.05, 3.63) is 70.5 Å². The molecule has 6 rings (SSSR count). The topological polar surface area (TPSA) is 79.6 Å². The molecule has 5 aromatic rings. The van der Waals surface area contributed by atoms with Gasteiger partial charge in [0.2, 0.25) is 5.91 Å². The van der Waals surface area contributed by atoms with Crippen molar-refractivity contribution >= 4 is 55.4 Å². The number of anilines is 1. The van der Waals surface area contributed by atoms with E-state index in [-0.39, 0.29) is 11.8 Å². The zero-order valence-corrected chi connectivity index (χ0v) is 20.3. The van der Waals surface area contributed by atoms with E-state index >= 15 is 0 Å². The summed E-state index contributed by atoms with van der Waals surface area (Å²) in [6, 6.07) is 13.7. The van der Waals surface area contributed by atoms with Crippen molar-refractivity contribution in [1.82, 2.24) is 19.3 Å². The van der Waals surface area contributed by atoms with Crippen LogP contribution in [0.5, 0.6) is 0 Å². The van der Waals surface area contributed by atoms with Gasteiger partial charge in [0.05, 0.1) is 22.5 Å². The van der Waals surface area contributed by atoms with E-state index in [1.54, 1.807) is 18.3 Å². The maximum atomic E-state index is 13.5. The van der Waals surface area contributed by atoms with E-state index in [1.165, 1.54) is 16.9 Å². The molecule has 0 saturated heterocycles. The highest BCUT2D eigenvalue weighted by molar-refractivity contribution is 7.23. The van der Waals surface area contributed by atoms with Crippen molar-refractivity contribution in [2.45, 2.75) is 26.8 Å². The predicted molar refractivity (Wildman–Crippen MR) is 136 cm³/mol. The molecule has 2 amide bonds. The third-order valence-corrected chi connectivity index (χ3v) is 8.34. The zero-order chi connectivity index (χ0) is 23.4. The number of aromatic nitrogens is 3. The van der Waals surface area contributed by atoms with Crippen molar-refractivity contribution < 1.29 is 9.59 Å². The molecular weight excluding hydrogens is 466 g/mol. The fraction of sp³-hybridized carbons (Fsp3) is 0.200. The number of thiophene rings is 1. The number of benzene rings is 1. The lowest BCUT2D eigenvalue weighted by molar-refractivity contribution is -0.129. The lowest BCUT2D eigenvalue weighted by atomic mass is 10.0. The molecule has 170 valence electrons. The molecule has 9 heteroatoms. The van der Waals surface area contributed by atoms with Crippen molar-refractivity contribution in [2.24, 2.45) is 0 Å². The van der Waals surface area contributed by atoms with Gasteiger partial charge in [0.25, 0.3) is 5.91 Å². The number of fused-ring (bicyclic) bond motifs is 3. The Morgan fingerprint density at radius 1 is 1.06 bits per heavy atom. The highest BCUT2D eigenvalue weighted by atomic mass is 32.1. The highest BCUT2D eigenvalue weighted by Crippen LogP contribution is 2.45. The van der Waals surface area contributed by atoms with Gasteiger partial charge in [0.15, 0.2) is 0 Å². The van der Waals surface area contributed by atoms with Crippen LogP contribution in [0, 0.1) is 6.92 Å². The van der Waals surface area contributed by atoms with Gasteiger partial charge in [-0.2, -0.15) is 0 Å². The second-order valence-electron chi connectivity index (χ2n) is 8.31. The van der Waals surface area contributed by atoms with E-state index in [4.69, 9.17) is 4.98 Å². The van der Waals surface area contributed by atoms with Crippen LogP contribution < -0.4 is 5.32 Å². The second kappa shape index (κ2) is 8.03. The Kier molecular flexibility index (Phi) is 4.96. The van der Waals surface area contributed by atoms with Crippen LogP contribution in [0.3, 0.4) is 0 Å². The van der Waals surface area contributed by atoms with Gasteiger partial charge in [-0.25, -0.2) is 9.97 Å². The molecule has 0 aliphatic carbocycles. The van der Waals surface area contributed by atoms with Crippen LogP contribution in [0.1, 0.15) is 33.5 Å². The van der Waals surface area contributed by atoms with Crippen LogP contribution >= 0.6 is 22.7 Å². The van der Waals surface area contributed by atoms with Gasteiger partial charge >= 0.3 is 0 Å². The molecule has 1 N–H and O–H groups in total. The third kappa shape index (κ3) is 3.39. The van der Waals surface area contributed by atoms with Crippen LogP contribution in [-0.4, -0.2) is 37.6 Å². The molecule has 0 unspecified atom stereocenters. The van der Waals surface area contributed by atoms with E-state index in [2.05, 4.69) is 16.4 Å². The fourth-order valence-electron chi connectivity index (χ4n) is 4.52. The molecule has 0 fully saturated rings. The number of nitrogens with zero attached hydrogens (tertiary/aromatic N) is 4. The van der Waals surface area contributed by atoms with Gasteiger partial charge in [0, 0.05) is 30.1 Å². The molecule has 1 aliphatic rings. The maximum Gasteiger partial charge on any atom is 0.275 e. The standard InChI is InChI=1S/C25H21N5O2S2/c1-14-22(30-11-6-5-9-20(30)26-14)23(32)28-25-21(24-27-17-7-3-4-8-18(17)33-24)16-10-12-29(15(2)31)13-19(16)34-25/h3-9,11H,10,12-13H2,1-2H3,(H,28,32). The SMILES string of the molecule is CC(=O)N1CCc2c(sc(NC(=O)c3c(C)nc4ccccn34)c2-c2nc3ccccc3s2)C1. The molecule has 1 aliphatic heterocycles. The Hall–Kier alpha value is -3.56. The van der Waals surface area contributed by atoms with Crippen LogP contribution in [0.4, 0.5) is 5.00 Å². The lowest BCUT2D eigenvalue weighted by Crippen LogP contribution is -2.33. The number of amides is 2. The fourth-order valence-corrected chi connectivity index (χ4v) is 6.88. The minimum atomic E-state index is -0.208. The molecule has 4 aromatic heterocycles. The summed E-state index contributed by atoms with van der Waals surface area (Å²) in [5.74, 6) is -0.145. The number of imidazole rings is 1. The Labute approximate surface area is 203 Å². The maximum absolute atomic E-state index is 13.5. The smallest absolute Gasteiger partial charge is 0.275 e. The lowest BCUT2D eigenvalue weighted by Gasteiger charge is -2.26. The molecule has 0 atom stereocenters. The third-order valence-electron chi connectivity index (χ3n) is 6.16. The quantitative estimate of drug-likeness (QED) is 0.382. The first-order valence-electron chi connectivity index (χ1n) is 11.0. The van der Waals surface area contributed by atoms with Gasteiger partial charge in [-0.3, -0.25) is 14.0 Å². The van der Waals surface area contributed by atoms with Crippen LogP contribution in [0.2, 0.25) is 0 Å². The van der Waals surface area contributed by atoms with Gasteiger partial charge in [-0.15, -0.1) is 22.7 Å². The Morgan fingerprint density at radius 3 is 2.71 bits per heavy atom. The molecule has 34 heavy (non-hydrogen) atoms. The van der Waals surface area contributed by atoms with Gasteiger partial charge < -0.3 is 10.2 Å². The average molecular weight is 488 g/mol. The number of carbonyl (C=O) groups excluding carboxylic acids is 2. The number of aryl methyl sites for hydroxylation is 1. The molecule has 0 spiro atoms.